The minimum Gasteiger partial charge on any atom is -0.406 e. The van der Waals surface area contributed by atoms with Crippen molar-refractivity contribution in [1.29, 1.82) is 0 Å². The number of piperidine rings is 1. The number of benzene rings is 3. The Kier molecular flexibility index (Phi) is 11.5. The van der Waals surface area contributed by atoms with E-state index < -0.39 is 36.1 Å². The summed E-state index contributed by atoms with van der Waals surface area (Å²) in [5.41, 5.74) is 8.27. The molecule has 7 rings (SSSR count). The van der Waals surface area contributed by atoms with Crippen LogP contribution in [-0.2, 0) is 24.4 Å². The van der Waals surface area contributed by atoms with Crippen molar-refractivity contribution in [3.8, 4) is 28.4 Å². The Morgan fingerprint density at radius 3 is 2.00 bits per heavy atom. The average Bonchev–Trinajstić information content (AvgIpc) is 3.83. The van der Waals surface area contributed by atoms with Crippen molar-refractivity contribution in [3.63, 3.8) is 0 Å². The number of piperazine rings is 1. The summed E-state index contributed by atoms with van der Waals surface area (Å²) in [6.45, 7) is 3.34. The van der Waals surface area contributed by atoms with E-state index in [4.69, 9.17) is 5.73 Å². The van der Waals surface area contributed by atoms with Crippen LogP contribution in [0.1, 0.15) is 36.8 Å². The number of ether oxygens (including phenoxy) is 3. The van der Waals surface area contributed by atoms with Crippen LogP contribution in [0.3, 0.4) is 0 Å². The molecule has 0 saturated carbocycles. The zero-order valence-corrected chi connectivity index (χ0v) is 30.9. The third-order valence-corrected chi connectivity index (χ3v) is 10.9. The topological polar surface area (TPSA) is 106 Å². The number of halogens is 9. The first-order valence-electron chi connectivity index (χ1n) is 18.7. The number of nitrogens with zero attached hydrogens (tertiary/aromatic N) is 3. The summed E-state index contributed by atoms with van der Waals surface area (Å²) >= 11 is 0. The Labute approximate surface area is 327 Å². The predicted octanol–water partition coefficient (Wildman–Crippen LogP) is 7.05. The van der Waals surface area contributed by atoms with Crippen molar-refractivity contribution in [2.24, 2.45) is 5.73 Å². The lowest BCUT2D eigenvalue weighted by molar-refractivity contribution is -0.277. The fourth-order valence-corrected chi connectivity index (χ4v) is 8.22. The Bertz CT molecular complexity index is 2050. The summed E-state index contributed by atoms with van der Waals surface area (Å²) < 4.78 is 132. The number of nitrogens with one attached hydrogen (secondary N) is 2. The fourth-order valence-electron chi connectivity index (χ4n) is 8.22. The molecule has 1 aromatic heterocycles. The van der Waals surface area contributed by atoms with Crippen LogP contribution in [0.2, 0.25) is 0 Å². The molecule has 10 nitrogen and oxygen atoms in total. The molecule has 0 radical (unpaired) electrons. The highest BCUT2D eigenvalue weighted by Crippen LogP contribution is 2.41. The van der Waals surface area contributed by atoms with E-state index >= 15 is 0 Å². The van der Waals surface area contributed by atoms with Gasteiger partial charge in [0.1, 0.15) is 17.2 Å². The molecular formula is C39H41F9N6O4. The second-order valence-corrected chi connectivity index (χ2v) is 14.9. The Balaban J connectivity index is 1.07. The number of hydrogen-bond acceptors (Lipinski definition) is 8. The molecule has 2 unspecified atom stereocenters. The Morgan fingerprint density at radius 2 is 1.41 bits per heavy atom. The van der Waals surface area contributed by atoms with Gasteiger partial charge in [-0.25, -0.2) is 0 Å². The second-order valence-electron chi connectivity index (χ2n) is 14.9. The van der Waals surface area contributed by atoms with Gasteiger partial charge in [0, 0.05) is 74.0 Å². The fraction of sp³-hybridized carbons (Fsp3) is 0.462. The van der Waals surface area contributed by atoms with Gasteiger partial charge in [0.15, 0.2) is 0 Å². The van der Waals surface area contributed by atoms with Gasteiger partial charge in [-0.1, -0.05) is 24.3 Å². The van der Waals surface area contributed by atoms with Crippen LogP contribution < -0.4 is 30.6 Å². The van der Waals surface area contributed by atoms with E-state index in [2.05, 4.69) is 29.7 Å². The van der Waals surface area contributed by atoms with Gasteiger partial charge in [0.25, 0.3) is 0 Å². The summed E-state index contributed by atoms with van der Waals surface area (Å²) in [5, 5.41) is 6.99. The third-order valence-electron chi connectivity index (χ3n) is 10.9. The number of aromatic nitrogens is 1. The molecule has 4 aromatic rings. The standard InChI is InChI=1S/C39H41F9N6O4/c40-37(41,42)56-28-8-6-25(7-9-28)30-22-52(16-2-13-51-35(55)36(49)11-14-50-15-12-36)32-10-5-24(17-29(30)32)19-53-20-27-18-26(53)21-54(27)23-31-33(57-38(43,44)45)3-1-4-34(31)58-39(46,47)48/h1,3-10,17,22,26-27,50H,2,11-16,18-21,23,49H2,(H,51,55). The zero-order chi connectivity index (χ0) is 41.5. The largest absolute Gasteiger partial charge is 0.573 e. The highest BCUT2D eigenvalue weighted by molar-refractivity contribution is 5.96. The molecule has 4 N–H and O–H groups in total. The first-order chi connectivity index (χ1) is 27.3. The number of amides is 1. The van der Waals surface area contributed by atoms with E-state index in [1.54, 1.807) is 12.1 Å². The minimum absolute atomic E-state index is 0.0404. The number of alkyl halides is 9. The maximum atomic E-state index is 13.2. The molecule has 2 bridgehead atoms. The smallest absolute Gasteiger partial charge is 0.406 e. The maximum absolute atomic E-state index is 13.2. The highest BCUT2D eigenvalue weighted by atomic mass is 19.4. The van der Waals surface area contributed by atoms with Crippen LogP contribution in [-0.4, -0.2) is 89.7 Å². The van der Waals surface area contributed by atoms with E-state index in [1.807, 2.05) is 33.9 Å². The van der Waals surface area contributed by atoms with E-state index in [-0.39, 0.29) is 35.8 Å². The van der Waals surface area contributed by atoms with Crippen LogP contribution >= 0.6 is 0 Å². The molecule has 19 heteroatoms. The number of likely N-dealkylation sites (tertiary alicyclic amines) is 2. The van der Waals surface area contributed by atoms with Gasteiger partial charge < -0.3 is 35.1 Å². The number of nitrogens with two attached hydrogens (primary N) is 1. The molecule has 4 heterocycles. The van der Waals surface area contributed by atoms with E-state index in [9.17, 15) is 44.3 Å². The van der Waals surface area contributed by atoms with E-state index in [1.165, 1.54) is 12.1 Å². The lowest BCUT2D eigenvalue weighted by Gasteiger charge is -2.34. The SMILES string of the molecule is NC1(C(=O)NCCCn2cc(-c3ccc(OC(F)(F)F)cc3)c3cc(CN4CC5CC4CN5Cc4c(OC(F)(F)F)cccc4OC(F)(F)F)ccc32)CCNCC1. The molecule has 2 atom stereocenters. The number of carbonyl (C=O) groups excluding carboxylic acids is 1. The number of rotatable bonds is 13. The number of carbonyl (C=O) groups is 1. The first-order valence-corrected chi connectivity index (χ1v) is 18.7. The van der Waals surface area contributed by atoms with Crippen LogP contribution in [0.4, 0.5) is 39.5 Å². The summed E-state index contributed by atoms with van der Waals surface area (Å²) in [7, 11) is 0. The summed E-state index contributed by atoms with van der Waals surface area (Å²) in [6.07, 6.45) is -10.9. The molecule has 314 valence electrons. The van der Waals surface area contributed by atoms with Crippen molar-refractivity contribution in [2.75, 3.05) is 32.7 Å². The predicted molar refractivity (Wildman–Crippen MR) is 194 cm³/mol. The Hall–Kier alpha value is -4.72. The summed E-state index contributed by atoms with van der Waals surface area (Å²) in [4.78, 5) is 16.9. The molecule has 3 aliphatic rings. The first kappa shape index (κ1) is 41.4. The van der Waals surface area contributed by atoms with Crippen molar-refractivity contribution in [3.05, 3.63) is 78.0 Å². The lowest BCUT2D eigenvalue weighted by atomic mass is 9.88. The van der Waals surface area contributed by atoms with Crippen molar-refractivity contribution in [1.82, 2.24) is 25.0 Å². The van der Waals surface area contributed by atoms with Gasteiger partial charge in [-0.15, -0.1) is 39.5 Å². The quantitative estimate of drug-likeness (QED) is 0.0974. The second kappa shape index (κ2) is 16.1. The van der Waals surface area contributed by atoms with E-state index in [0.717, 1.165) is 40.2 Å². The molecule has 3 aliphatic heterocycles. The Morgan fingerprint density at radius 1 is 0.810 bits per heavy atom. The van der Waals surface area contributed by atoms with Gasteiger partial charge >= 0.3 is 19.1 Å². The van der Waals surface area contributed by atoms with Crippen molar-refractivity contribution in [2.45, 2.75) is 82.0 Å². The maximum Gasteiger partial charge on any atom is 0.573 e. The number of aryl methyl sites for hydroxylation is 1. The monoisotopic (exact) mass is 828 g/mol. The van der Waals surface area contributed by atoms with Crippen LogP contribution in [0.5, 0.6) is 17.2 Å². The number of fused-ring (bicyclic) bond motifs is 3. The van der Waals surface area contributed by atoms with Crippen LogP contribution in [0, 0.1) is 0 Å². The summed E-state index contributed by atoms with van der Waals surface area (Å²) in [6, 6.07) is 14.2. The van der Waals surface area contributed by atoms with Crippen molar-refractivity contribution < 1.29 is 58.5 Å². The molecule has 3 fully saturated rings. The van der Waals surface area contributed by atoms with Gasteiger partial charge in [-0.05, 0) is 86.3 Å². The molecule has 3 saturated heterocycles. The van der Waals surface area contributed by atoms with Gasteiger partial charge in [0.05, 0.1) is 11.1 Å². The number of hydrogen-bond donors (Lipinski definition) is 3. The lowest BCUT2D eigenvalue weighted by Crippen LogP contribution is -2.59. The average molecular weight is 829 g/mol. The summed E-state index contributed by atoms with van der Waals surface area (Å²) in [5.74, 6) is -2.09. The molecular weight excluding hydrogens is 787 g/mol. The molecule has 0 spiro atoms. The third kappa shape index (κ3) is 9.93. The molecule has 3 aromatic carbocycles. The normalized spacial score (nSPS) is 20.1. The highest BCUT2D eigenvalue weighted by Gasteiger charge is 2.44. The van der Waals surface area contributed by atoms with Gasteiger partial charge in [0.2, 0.25) is 5.91 Å². The van der Waals surface area contributed by atoms with Gasteiger partial charge in [-0.3, -0.25) is 14.6 Å². The molecule has 58 heavy (non-hydrogen) atoms. The molecule has 1 amide bonds. The van der Waals surface area contributed by atoms with E-state index in [0.29, 0.717) is 77.1 Å². The van der Waals surface area contributed by atoms with Crippen molar-refractivity contribution >= 4 is 16.8 Å². The van der Waals surface area contributed by atoms with Crippen LogP contribution in [0.25, 0.3) is 22.0 Å². The zero-order valence-electron chi connectivity index (χ0n) is 30.9. The molecule has 0 aliphatic carbocycles. The van der Waals surface area contributed by atoms with Gasteiger partial charge in [-0.2, -0.15) is 0 Å². The van der Waals surface area contributed by atoms with Crippen LogP contribution in [0.15, 0.2) is 66.9 Å². The minimum atomic E-state index is -5.13.